The molecule has 3 rings (SSSR count). The highest BCUT2D eigenvalue weighted by atomic mass is 16.6. The van der Waals surface area contributed by atoms with Gasteiger partial charge in [-0.15, -0.1) is 0 Å². The van der Waals surface area contributed by atoms with Crippen molar-refractivity contribution in [3.8, 4) is 11.1 Å². The predicted molar refractivity (Wildman–Crippen MR) is 98.9 cm³/mol. The van der Waals surface area contributed by atoms with Crippen LogP contribution in [0.1, 0.15) is 30.9 Å². The maximum absolute atomic E-state index is 12.5. The molecule has 0 unspecified atom stereocenters. The van der Waals surface area contributed by atoms with Gasteiger partial charge in [0.2, 0.25) is 0 Å². The molecular weight excluding hydrogens is 330 g/mol. The molecule has 0 bridgehead atoms. The number of amides is 1. The maximum atomic E-state index is 12.5. The van der Waals surface area contributed by atoms with E-state index in [1.807, 2.05) is 38.1 Å². The number of carbonyl (C=O) groups is 2. The van der Waals surface area contributed by atoms with Gasteiger partial charge in [-0.05, 0) is 36.1 Å². The van der Waals surface area contributed by atoms with Crippen LogP contribution in [0.2, 0.25) is 0 Å². The van der Waals surface area contributed by atoms with Gasteiger partial charge in [0.05, 0.1) is 7.11 Å². The van der Waals surface area contributed by atoms with Gasteiger partial charge >= 0.3 is 12.1 Å². The van der Waals surface area contributed by atoms with E-state index in [2.05, 4.69) is 29.0 Å². The number of hydrogen-bond acceptors (Lipinski definition) is 4. The molecule has 26 heavy (non-hydrogen) atoms. The number of nitrogens with zero attached hydrogens (tertiary/aromatic N) is 1. The highest BCUT2D eigenvalue weighted by Gasteiger charge is 2.30. The molecule has 0 saturated carbocycles. The van der Waals surface area contributed by atoms with Crippen LogP contribution in [0.3, 0.4) is 0 Å². The van der Waals surface area contributed by atoms with E-state index >= 15 is 0 Å². The fourth-order valence-electron chi connectivity index (χ4n) is 3.34. The van der Waals surface area contributed by atoms with E-state index in [1.54, 1.807) is 0 Å². The van der Waals surface area contributed by atoms with E-state index in [-0.39, 0.29) is 25.1 Å². The Morgan fingerprint density at radius 1 is 1.00 bits per heavy atom. The highest BCUT2D eigenvalue weighted by Crippen LogP contribution is 2.44. The molecule has 1 aliphatic carbocycles. The summed E-state index contributed by atoms with van der Waals surface area (Å²) in [5, 5.41) is 0. The van der Waals surface area contributed by atoms with Crippen molar-refractivity contribution in [2.24, 2.45) is 0 Å². The molecule has 0 aliphatic heterocycles. The van der Waals surface area contributed by atoms with Crippen LogP contribution >= 0.6 is 0 Å². The lowest BCUT2D eigenvalue weighted by molar-refractivity contribution is -0.142. The molecule has 0 saturated heterocycles. The Morgan fingerprint density at radius 2 is 1.54 bits per heavy atom. The van der Waals surface area contributed by atoms with Gasteiger partial charge in [-0.3, -0.25) is 9.69 Å². The van der Waals surface area contributed by atoms with Crippen molar-refractivity contribution in [2.75, 3.05) is 20.3 Å². The number of hydrogen-bond donors (Lipinski definition) is 0. The van der Waals surface area contributed by atoms with Crippen molar-refractivity contribution < 1.29 is 19.1 Å². The van der Waals surface area contributed by atoms with Gasteiger partial charge in [0.15, 0.2) is 0 Å². The Balaban J connectivity index is 1.77. The summed E-state index contributed by atoms with van der Waals surface area (Å²) >= 11 is 0. The zero-order chi connectivity index (χ0) is 18.7. The summed E-state index contributed by atoms with van der Waals surface area (Å²) in [7, 11) is 1.30. The van der Waals surface area contributed by atoms with Crippen LogP contribution in [0.4, 0.5) is 4.79 Å². The number of benzene rings is 2. The molecule has 0 aromatic heterocycles. The summed E-state index contributed by atoms with van der Waals surface area (Å²) < 4.78 is 10.3. The Hall–Kier alpha value is -2.82. The second kappa shape index (κ2) is 7.60. The molecule has 0 heterocycles. The van der Waals surface area contributed by atoms with Gasteiger partial charge in [0.1, 0.15) is 13.2 Å². The fraction of sp³-hybridized carbons (Fsp3) is 0.333. The quantitative estimate of drug-likeness (QED) is 0.767. The van der Waals surface area contributed by atoms with Crippen LogP contribution in [-0.2, 0) is 14.3 Å². The lowest BCUT2D eigenvalue weighted by Gasteiger charge is -2.25. The number of rotatable bonds is 5. The number of esters is 1. The van der Waals surface area contributed by atoms with E-state index in [1.165, 1.54) is 23.1 Å². The monoisotopic (exact) mass is 353 g/mol. The van der Waals surface area contributed by atoms with Gasteiger partial charge < -0.3 is 9.47 Å². The van der Waals surface area contributed by atoms with Gasteiger partial charge in [-0.2, -0.15) is 0 Å². The van der Waals surface area contributed by atoms with Crippen LogP contribution < -0.4 is 0 Å². The number of ether oxygens (including phenoxy) is 2. The summed E-state index contributed by atoms with van der Waals surface area (Å²) in [6.45, 7) is 3.79. The zero-order valence-corrected chi connectivity index (χ0v) is 15.3. The average molecular weight is 353 g/mol. The molecule has 1 aliphatic rings. The summed E-state index contributed by atoms with van der Waals surface area (Å²) in [6.07, 6.45) is -0.507. The molecule has 0 radical (unpaired) electrons. The fourth-order valence-corrected chi connectivity index (χ4v) is 3.34. The highest BCUT2D eigenvalue weighted by molar-refractivity contribution is 5.80. The largest absolute Gasteiger partial charge is 0.468 e. The van der Waals surface area contributed by atoms with E-state index in [0.29, 0.717) is 0 Å². The minimum Gasteiger partial charge on any atom is -0.468 e. The van der Waals surface area contributed by atoms with E-state index in [9.17, 15) is 9.59 Å². The van der Waals surface area contributed by atoms with Crippen LogP contribution in [0.15, 0.2) is 48.5 Å². The van der Waals surface area contributed by atoms with Gasteiger partial charge in [-0.1, -0.05) is 48.5 Å². The average Bonchev–Trinajstić information content (AvgIpc) is 2.97. The molecule has 0 atom stereocenters. The second-order valence-corrected chi connectivity index (χ2v) is 6.60. The first-order valence-electron chi connectivity index (χ1n) is 8.71. The minimum atomic E-state index is -0.507. The van der Waals surface area contributed by atoms with Crippen molar-refractivity contribution in [3.63, 3.8) is 0 Å². The van der Waals surface area contributed by atoms with Crippen molar-refractivity contribution in [1.82, 2.24) is 4.90 Å². The van der Waals surface area contributed by atoms with Crippen LogP contribution in [-0.4, -0.2) is 43.3 Å². The van der Waals surface area contributed by atoms with E-state index in [0.717, 1.165) is 11.1 Å². The van der Waals surface area contributed by atoms with Crippen molar-refractivity contribution in [3.05, 3.63) is 59.7 Å². The Labute approximate surface area is 153 Å². The standard InChI is InChI=1S/C21H23NO4/c1-14(2)22(12-20(23)25-3)21(24)26-13-19-17-10-6-4-8-15(17)16-9-5-7-11-18(16)19/h4-11,14,19H,12-13H2,1-3H3. The predicted octanol–water partition coefficient (Wildman–Crippen LogP) is 3.82. The van der Waals surface area contributed by atoms with Crippen LogP contribution in [0.5, 0.6) is 0 Å². The first kappa shape index (κ1) is 18.0. The SMILES string of the molecule is COC(=O)CN(C(=O)OCC1c2ccccc2-c2ccccc21)C(C)C. The van der Waals surface area contributed by atoms with E-state index < -0.39 is 12.1 Å². The van der Waals surface area contributed by atoms with Crippen LogP contribution in [0.25, 0.3) is 11.1 Å². The lowest BCUT2D eigenvalue weighted by Crippen LogP contribution is -2.41. The molecule has 0 N–H and O–H groups in total. The van der Waals surface area contributed by atoms with Gasteiger partial charge in [0, 0.05) is 12.0 Å². The van der Waals surface area contributed by atoms with Crippen LogP contribution in [0, 0.1) is 0 Å². The van der Waals surface area contributed by atoms with Gasteiger partial charge in [0.25, 0.3) is 0 Å². The van der Waals surface area contributed by atoms with Crippen molar-refractivity contribution >= 4 is 12.1 Å². The minimum absolute atomic E-state index is 0.00140. The Kier molecular flexibility index (Phi) is 5.26. The molecule has 0 spiro atoms. The first-order valence-corrected chi connectivity index (χ1v) is 8.71. The lowest BCUT2D eigenvalue weighted by atomic mass is 9.98. The summed E-state index contributed by atoms with van der Waals surface area (Å²) in [4.78, 5) is 25.4. The molecule has 5 heteroatoms. The number of methoxy groups -OCH3 is 1. The number of carbonyl (C=O) groups excluding carboxylic acids is 2. The van der Waals surface area contributed by atoms with Gasteiger partial charge in [-0.25, -0.2) is 4.79 Å². The maximum Gasteiger partial charge on any atom is 0.410 e. The number of fused-ring (bicyclic) bond motifs is 3. The Bertz CT molecular complexity index is 770. The molecule has 2 aromatic carbocycles. The van der Waals surface area contributed by atoms with Crippen molar-refractivity contribution in [1.29, 1.82) is 0 Å². The molecule has 136 valence electrons. The second-order valence-electron chi connectivity index (χ2n) is 6.60. The molecule has 0 fully saturated rings. The summed E-state index contributed by atoms with van der Waals surface area (Å²) in [5.41, 5.74) is 4.68. The van der Waals surface area contributed by atoms with E-state index in [4.69, 9.17) is 4.74 Å². The third-order valence-corrected chi connectivity index (χ3v) is 4.72. The smallest absolute Gasteiger partial charge is 0.410 e. The normalized spacial score (nSPS) is 12.5. The Morgan fingerprint density at radius 3 is 2.04 bits per heavy atom. The third-order valence-electron chi connectivity index (χ3n) is 4.72. The molecule has 2 aromatic rings. The first-order chi connectivity index (χ1) is 12.5. The molecular formula is C21H23NO4. The summed E-state index contributed by atoms with van der Waals surface area (Å²) in [5.74, 6) is -0.467. The molecule has 1 amide bonds. The van der Waals surface area contributed by atoms with Crippen molar-refractivity contribution in [2.45, 2.75) is 25.8 Å². The molecule has 5 nitrogen and oxygen atoms in total. The summed E-state index contributed by atoms with van der Waals surface area (Å²) in [6, 6.07) is 16.2. The topological polar surface area (TPSA) is 55.8 Å². The third kappa shape index (κ3) is 3.43. The zero-order valence-electron chi connectivity index (χ0n) is 15.3.